The minimum absolute atomic E-state index is 0.0192. The zero-order valence-electron chi connectivity index (χ0n) is 14.4. The predicted octanol–water partition coefficient (Wildman–Crippen LogP) is 1.98. The van der Waals surface area contributed by atoms with Crippen LogP contribution < -0.4 is 10.9 Å². The average Bonchev–Trinajstić information content (AvgIpc) is 2.58. The van der Waals surface area contributed by atoms with E-state index in [1.54, 1.807) is 30.7 Å². The fourth-order valence-electron chi connectivity index (χ4n) is 3.19. The van der Waals surface area contributed by atoms with E-state index in [0.717, 1.165) is 12.8 Å². The van der Waals surface area contributed by atoms with Crippen molar-refractivity contribution < 1.29 is 9.90 Å². The van der Waals surface area contributed by atoms with Crippen LogP contribution in [0.15, 0.2) is 29.5 Å². The number of nitrogens with zero attached hydrogens (tertiary/aromatic N) is 3. The van der Waals surface area contributed by atoms with E-state index < -0.39 is 5.91 Å². The first-order valence-electron chi connectivity index (χ1n) is 8.45. The fraction of sp³-hybridized carbons (Fsp3) is 0.444. The third-order valence-corrected chi connectivity index (χ3v) is 4.65. The Bertz CT molecular complexity index is 821. The molecule has 1 aliphatic carbocycles. The van der Waals surface area contributed by atoms with E-state index in [-0.39, 0.29) is 23.3 Å². The third kappa shape index (κ3) is 3.76. The summed E-state index contributed by atoms with van der Waals surface area (Å²) in [5.41, 5.74) is 0.911. The van der Waals surface area contributed by atoms with Gasteiger partial charge in [-0.1, -0.05) is 0 Å². The topological polar surface area (TPSA) is 97.1 Å². The molecular weight excluding hydrogens is 320 g/mol. The fourth-order valence-corrected chi connectivity index (χ4v) is 3.19. The van der Waals surface area contributed by atoms with Gasteiger partial charge in [0.1, 0.15) is 11.4 Å². The molecule has 25 heavy (non-hydrogen) atoms. The number of pyridine rings is 1. The zero-order valence-corrected chi connectivity index (χ0v) is 14.4. The van der Waals surface area contributed by atoms with E-state index in [1.165, 1.54) is 12.4 Å². The molecule has 1 saturated carbocycles. The lowest BCUT2D eigenvalue weighted by atomic mass is 9.92. The van der Waals surface area contributed by atoms with Crippen molar-refractivity contribution in [3.05, 3.63) is 52.0 Å². The highest BCUT2D eigenvalue weighted by Gasteiger charge is 2.24. The minimum atomic E-state index is -0.458. The lowest BCUT2D eigenvalue weighted by Gasteiger charge is -2.27. The van der Waals surface area contributed by atoms with Gasteiger partial charge in [0, 0.05) is 12.2 Å². The van der Waals surface area contributed by atoms with Crippen molar-refractivity contribution in [2.24, 2.45) is 0 Å². The Kier molecular flexibility index (Phi) is 4.94. The number of anilines is 1. The van der Waals surface area contributed by atoms with Crippen molar-refractivity contribution in [3.8, 4) is 0 Å². The molecule has 1 fully saturated rings. The molecule has 0 spiro atoms. The van der Waals surface area contributed by atoms with Crippen LogP contribution in [0.25, 0.3) is 0 Å². The molecule has 1 amide bonds. The monoisotopic (exact) mass is 342 g/mol. The van der Waals surface area contributed by atoms with Gasteiger partial charge in [-0.25, -0.2) is 9.97 Å². The molecule has 0 aromatic carbocycles. The van der Waals surface area contributed by atoms with Crippen LogP contribution in [0.2, 0.25) is 0 Å². The van der Waals surface area contributed by atoms with Gasteiger partial charge in [-0.15, -0.1) is 0 Å². The van der Waals surface area contributed by atoms with Gasteiger partial charge in [-0.2, -0.15) is 0 Å². The van der Waals surface area contributed by atoms with Crippen molar-refractivity contribution in [2.75, 3.05) is 5.32 Å². The summed E-state index contributed by atoms with van der Waals surface area (Å²) in [6, 6.07) is 1.80. The molecule has 0 saturated heterocycles. The molecule has 3 rings (SSSR count). The maximum atomic E-state index is 12.9. The Balaban J connectivity index is 1.87. The highest BCUT2D eigenvalue weighted by atomic mass is 16.3. The van der Waals surface area contributed by atoms with Crippen LogP contribution in [-0.2, 0) is 0 Å². The van der Waals surface area contributed by atoms with Gasteiger partial charge >= 0.3 is 0 Å². The van der Waals surface area contributed by atoms with Gasteiger partial charge in [0.2, 0.25) is 0 Å². The van der Waals surface area contributed by atoms with Crippen LogP contribution in [0.4, 0.5) is 5.69 Å². The maximum Gasteiger partial charge on any atom is 0.263 e. The quantitative estimate of drug-likeness (QED) is 0.889. The number of nitrogens with one attached hydrogen (secondary N) is 1. The second-order valence-corrected chi connectivity index (χ2v) is 6.52. The maximum absolute atomic E-state index is 12.9. The first-order valence-corrected chi connectivity index (χ1v) is 8.45. The van der Waals surface area contributed by atoms with E-state index in [9.17, 15) is 14.7 Å². The molecular formula is C18H22N4O3. The standard InChI is InChI=1S/C18H22N4O3/c1-11-7-8-22(14-3-5-15(23)6-4-14)18(25)16(11)17(24)21-13-9-19-12(2)20-10-13/h7-10,14-15,23H,3-6H2,1-2H3,(H,21,24). The molecule has 0 aliphatic heterocycles. The molecule has 2 N–H and O–H groups in total. The summed E-state index contributed by atoms with van der Waals surface area (Å²) in [5, 5.41) is 12.3. The van der Waals surface area contributed by atoms with Crippen LogP contribution in [0.1, 0.15) is 53.5 Å². The predicted molar refractivity (Wildman–Crippen MR) is 93.7 cm³/mol. The smallest absolute Gasteiger partial charge is 0.263 e. The Morgan fingerprint density at radius 1 is 1.20 bits per heavy atom. The summed E-state index contributed by atoms with van der Waals surface area (Å²) in [7, 11) is 0. The number of aliphatic hydroxyl groups is 1. The molecule has 2 aromatic heterocycles. The SMILES string of the molecule is Cc1ncc(NC(=O)c2c(C)ccn(C3CCC(O)CC3)c2=O)cn1. The van der Waals surface area contributed by atoms with E-state index in [0.29, 0.717) is 29.9 Å². The lowest BCUT2D eigenvalue weighted by Crippen LogP contribution is -2.34. The Morgan fingerprint density at radius 2 is 1.84 bits per heavy atom. The first-order chi connectivity index (χ1) is 12.0. The van der Waals surface area contributed by atoms with Gasteiger partial charge < -0.3 is 15.0 Å². The molecule has 2 aromatic rings. The third-order valence-electron chi connectivity index (χ3n) is 4.65. The van der Waals surface area contributed by atoms with Crippen LogP contribution in [0.3, 0.4) is 0 Å². The number of aromatic nitrogens is 3. The second-order valence-electron chi connectivity index (χ2n) is 6.52. The Labute approximate surface area is 145 Å². The zero-order chi connectivity index (χ0) is 18.0. The van der Waals surface area contributed by atoms with Crippen LogP contribution >= 0.6 is 0 Å². The van der Waals surface area contributed by atoms with Crippen LogP contribution in [0.5, 0.6) is 0 Å². The molecule has 0 radical (unpaired) electrons. The number of amides is 1. The van der Waals surface area contributed by atoms with Crippen LogP contribution in [-0.4, -0.2) is 31.7 Å². The largest absolute Gasteiger partial charge is 0.393 e. The van der Waals surface area contributed by atoms with Gasteiger partial charge in [-0.05, 0) is 51.2 Å². The summed E-state index contributed by atoms with van der Waals surface area (Å²) in [5.74, 6) is 0.149. The van der Waals surface area contributed by atoms with E-state index in [4.69, 9.17) is 0 Å². The Morgan fingerprint density at radius 3 is 2.48 bits per heavy atom. The van der Waals surface area contributed by atoms with Crippen molar-refractivity contribution >= 4 is 11.6 Å². The number of rotatable bonds is 3. The summed E-state index contributed by atoms with van der Waals surface area (Å²) in [4.78, 5) is 33.5. The van der Waals surface area contributed by atoms with E-state index >= 15 is 0 Å². The summed E-state index contributed by atoms with van der Waals surface area (Å²) < 4.78 is 1.62. The summed E-state index contributed by atoms with van der Waals surface area (Å²) in [6.07, 6.45) is 7.29. The number of aliphatic hydroxyl groups excluding tert-OH is 1. The minimum Gasteiger partial charge on any atom is -0.393 e. The highest BCUT2D eigenvalue weighted by molar-refractivity contribution is 6.04. The van der Waals surface area contributed by atoms with E-state index in [2.05, 4.69) is 15.3 Å². The van der Waals surface area contributed by atoms with E-state index in [1.807, 2.05) is 0 Å². The molecule has 7 heteroatoms. The molecule has 7 nitrogen and oxygen atoms in total. The number of aryl methyl sites for hydroxylation is 2. The lowest BCUT2D eigenvalue weighted by molar-refractivity contribution is 0.101. The van der Waals surface area contributed by atoms with Crippen molar-refractivity contribution in [1.29, 1.82) is 0 Å². The average molecular weight is 342 g/mol. The van der Waals surface area contributed by atoms with Crippen molar-refractivity contribution in [3.63, 3.8) is 0 Å². The second kappa shape index (κ2) is 7.14. The van der Waals surface area contributed by atoms with Gasteiger partial charge in [0.15, 0.2) is 0 Å². The molecule has 0 bridgehead atoms. The molecule has 132 valence electrons. The number of hydrogen-bond acceptors (Lipinski definition) is 5. The first kappa shape index (κ1) is 17.3. The van der Waals surface area contributed by atoms with Gasteiger partial charge in [0.25, 0.3) is 11.5 Å². The van der Waals surface area contributed by atoms with Crippen molar-refractivity contribution in [2.45, 2.75) is 51.7 Å². The highest BCUT2D eigenvalue weighted by Crippen LogP contribution is 2.27. The van der Waals surface area contributed by atoms with Crippen LogP contribution in [0, 0.1) is 13.8 Å². The van der Waals surface area contributed by atoms with Crippen molar-refractivity contribution in [1.82, 2.24) is 14.5 Å². The number of hydrogen-bond donors (Lipinski definition) is 2. The summed E-state index contributed by atoms with van der Waals surface area (Å²) >= 11 is 0. The number of carbonyl (C=O) groups excluding carboxylic acids is 1. The van der Waals surface area contributed by atoms with Gasteiger partial charge in [0.05, 0.1) is 24.2 Å². The molecule has 0 unspecified atom stereocenters. The molecule has 2 heterocycles. The molecule has 1 aliphatic rings. The number of carbonyl (C=O) groups is 1. The molecule has 0 atom stereocenters. The van der Waals surface area contributed by atoms with Gasteiger partial charge in [-0.3, -0.25) is 9.59 Å². The summed E-state index contributed by atoms with van der Waals surface area (Å²) in [6.45, 7) is 3.50. The normalized spacial score (nSPS) is 20.3. The Hall–Kier alpha value is -2.54.